The van der Waals surface area contributed by atoms with Gasteiger partial charge in [-0.05, 0) is 18.2 Å². The molecule has 1 aromatic carbocycles. The van der Waals surface area contributed by atoms with Crippen LogP contribution in [-0.2, 0) is 16.7 Å². The van der Waals surface area contributed by atoms with E-state index in [2.05, 4.69) is 10.5 Å². The van der Waals surface area contributed by atoms with Crippen LogP contribution in [0.5, 0.6) is 0 Å². The van der Waals surface area contributed by atoms with E-state index in [1.807, 2.05) is 36.0 Å². The van der Waals surface area contributed by atoms with Gasteiger partial charge in [0.15, 0.2) is 0 Å². The number of benzene rings is 1. The summed E-state index contributed by atoms with van der Waals surface area (Å²) in [6.07, 6.45) is 1.49. The van der Waals surface area contributed by atoms with Crippen LogP contribution in [0, 0.1) is 0 Å². The minimum atomic E-state index is -0.732. The van der Waals surface area contributed by atoms with Crippen molar-refractivity contribution in [2.45, 2.75) is 12.5 Å². The van der Waals surface area contributed by atoms with Gasteiger partial charge in [0, 0.05) is 36.1 Å². The second-order valence-corrected chi connectivity index (χ2v) is 5.21. The molecule has 7 heteroatoms. The third-order valence-corrected chi connectivity index (χ3v) is 3.67. The molecule has 1 aliphatic rings. The number of hydrogen-bond acceptors (Lipinski definition) is 4. The average molecular weight is 300 g/mol. The Labute approximate surface area is 126 Å². The van der Waals surface area contributed by atoms with E-state index in [1.54, 1.807) is 6.07 Å². The number of carbonyl (C=O) groups excluding carboxylic acids is 2. The molecule has 22 heavy (non-hydrogen) atoms. The summed E-state index contributed by atoms with van der Waals surface area (Å²) < 4.78 is 1.96. The van der Waals surface area contributed by atoms with E-state index in [1.165, 1.54) is 0 Å². The number of carbonyl (C=O) groups is 2. The third kappa shape index (κ3) is 2.52. The Kier molecular flexibility index (Phi) is 3.54. The van der Waals surface area contributed by atoms with E-state index >= 15 is 0 Å². The summed E-state index contributed by atoms with van der Waals surface area (Å²) in [5.74, 6) is -0.749. The highest BCUT2D eigenvalue weighted by atomic mass is 16.6. The lowest BCUT2D eigenvalue weighted by molar-refractivity contribution is -0.127. The minimum absolute atomic E-state index is 0.193. The first kappa shape index (κ1) is 14.1. The zero-order valence-electron chi connectivity index (χ0n) is 12.1. The number of oxime groups is 1. The first-order valence-corrected chi connectivity index (χ1v) is 6.89. The standard InChI is InChI=1S/C15H16N4O3/c1-19-6-5-10-11(3-2-4-12(10)19)15(21)17-8-9-7-13(14(16)20)22-18-9/h2-6,13H,7-8H2,1H3,(H2,16,20)(H,17,21). The van der Waals surface area contributed by atoms with E-state index in [9.17, 15) is 9.59 Å². The van der Waals surface area contributed by atoms with Crippen molar-refractivity contribution in [1.29, 1.82) is 0 Å². The number of fused-ring (bicyclic) bond motifs is 1. The van der Waals surface area contributed by atoms with Crippen LogP contribution in [0.1, 0.15) is 16.8 Å². The fourth-order valence-electron chi connectivity index (χ4n) is 2.46. The molecule has 7 nitrogen and oxygen atoms in total. The van der Waals surface area contributed by atoms with Gasteiger partial charge in [0.05, 0.1) is 12.3 Å². The number of rotatable bonds is 4. The molecule has 1 atom stereocenters. The number of primary amides is 1. The summed E-state index contributed by atoms with van der Waals surface area (Å²) in [4.78, 5) is 28.2. The number of aromatic nitrogens is 1. The molecule has 2 heterocycles. The Balaban J connectivity index is 1.69. The van der Waals surface area contributed by atoms with Crippen LogP contribution in [0.25, 0.3) is 10.9 Å². The molecule has 0 saturated carbocycles. The number of nitrogens with two attached hydrogens (primary N) is 1. The van der Waals surface area contributed by atoms with Crippen molar-refractivity contribution in [2.24, 2.45) is 17.9 Å². The Morgan fingerprint density at radius 2 is 2.27 bits per heavy atom. The molecule has 1 aromatic heterocycles. The second kappa shape index (κ2) is 5.51. The average Bonchev–Trinajstić information content (AvgIpc) is 3.12. The number of aryl methyl sites for hydroxylation is 1. The predicted octanol–water partition coefficient (Wildman–Crippen LogP) is 0.538. The van der Waals surface area contributed by atoms with Gasteiger partial charge in [-0.1, -0.05) is 11.2 Å². The largest absolute Gasteiger partial charge is 0.382 e. The summed E-state index contributed by atoms with van der Waals surface area (Å²) in [5, 5.41) is 7.45. The van der Waals surface area contributed by atoms with E-state index < -0.39 is 12.0 Å². The zero-order valence-corrected chi connectivity index (χ0v) is 12.1. The van der Waals surface area contributed by atoms with Crippen molar-refractivity contribution in [2.75, 3.05) is 6.54 Å². The monoisotopic (exact) mass is 300 g/mol. The van der Waals surface area contributed by atoms with Gasteiger partial charge in [0.2, 0.25) is 6.10 Å². The minimum Gasteiger partial charge on any atom is -0.382 e. The maximum absolute atomic E-state index is 12.3. The SMILES string of the molecule is Cn1ccc2c(C(=O)NCC3=NOC(C(N)=O)C3)cccc21. The summed E-state index contributed by atoms with van der Waals surface area (Å²) in [7, 11) is 1.93. The molecular formula is C15H16N4O3. The molecule has 114 valence electrons. The molecule has 0 radical (unpaired) electrons. The highest BCUT2D eigenvalue weighted by Crippen LogP contribution is 2.19. The molecule has 3 rings (SSSR count). The molecule has 0 aliphatic carbocycles. The first-order chi connectivity index (χ1) is 10.6. The van der Waals surface area contributed by atoms with Gasteiger partial charge in [0.1, 0.15) is 0 Å². The van der Waals surface area contributed by atoms with Gasteiger partial charge < -0.3 is 20.5 Å². The second-order valence-electron chi connectivity index (χ2n) is 5.21. The molecule has 2 aromatic rings. The highest BCUT2D eigenvalue weighted by Gasteiger charge is 2.26. The van der Waals surface area contributed by atoms with E-state index in [0.29, 0.717) is 17.7 Å². The molecule has 1 aliphatic heterocycles. The lowest BCUT2D eigenvalue weighted by atomic mass is 10.1. The fraction of sp³-hybridized carbons (Fsp3) is 0.267. The lowest BCUT2D eigenvalue weighted by Gasteiger charge is -2.06. The fourth-order valence-corrected chi connectivity index (χ4v) is 2.46. The van der Waals surface area contributed by atoms with Crippen LogP contribution in [0.15, 0.2) is 35.6 Å². The molecule has 0 bridgehead atoms. The van der Waals surface area contributed by atoms with Crippen molar-refractivity contribution in [3.05, 3.63) is 36.0 Å². The molecule has 3 N–H and O–H groups in total. The van der Waals surface area contributed by atoms with Crippen LogP contribution in [0.4, 0.5) is 0 Å². The van der Waals surface area contributed by atoms with Gasteiger partial charge in [-0.15, -0.1) is 0 Å². The van der Waals surface area contributed by atoms with Crippen LogP contribution < -0.4 is 11.1 Å². The number of nitrogens with zero attached hydrogens (tertiary/aromatic N) is 2. The Hall–Kier alpha value is -2.83. The summed E-state index contributed by atoms with van der Waals surface area (Å²) >= 11 is 0. The Morgan fingerprint density at radius 3 is 3.00 bits per heavy atom. The van der Waals surface area contributed by atoms with Crippen LogP contribution in [0.3, 0.4) is 0 Å². The first-order valence-electron chi connectivity index (χ1n) is 6.89. The number of hydrogen-bond donors (Lipinski definition) is 2. The van der Waals surface area contributed by atoms with Crippen LogP contribution in [-0.4, -0.2) is 34.7 Å². The molecule has 1 unspecified atom stereocenters. The van der Waals surface area contributed by atoms with Gasteiger partial charge in [-0.25, -0.2) is 0 Å². The third-order valence-electron chi connectivity index (χ3n) is 3.67. The quantitative estimate of drug-likeness (QED) is 0.862. The normalized spacial score (nSPS) is 17.1. The Morgan fingerprint density at radius 1 is 1.45 bits per heavy atom. The van der Waals surface area contributed by atoms with Gasteiger partial charge >= 0.3 is 0 Å². The Bertz CT molecular complexity index is 778. The lowest BCUT2D eigenvalue weighted by Crippen LogP contribution is -2.32. The summed E-state index contributed by atoms with van der Waals surface area (Å²) in [5.41, 5.74) is 7.33. The van der Waals surface area contributed by atoms with E-state index in [0.717, 1.165) is 10.9 Å². The molecule has 2 amide bonds. The van der Waals surface area contributed by atoms with Crippen molar-refractivity contribution < 1.29 is 14.4 Å². The van der Waals surface area contributed by atoms with Crippen molar-refractivity contribution >= 4 is 28.4 Å². The van der Waals surface area contributed by atoms with Gasteiger partial charge in [0.25, 0.3) is 11.8 Å². The van der Waals surface area contributed by atoms with Crippen LogP contribution >= 0.6 is 0 Å². The summed E-state index contributed by atoms with van der Waals surface area (Å²) in [6.45, 7) is 0.228. The summed E-state index contributed by atoms with van der Waals surface area (Å²) in [6, 6.07) is 7.48. The van der Waals surface area contributed by atoms with Crippen molar-refractivity contribution in [3.8, 4) is 0 Å². The van der Waals surface area contributed by atoms with Crippen molar-refractivity contribution in [1.82, 2.24) is 9.88 Å². The zero-order chi connectivity index (χ0) is 15.7. The topological polar surface area (TPSA) is 98.7 Å². The van der Waals surface area contributed by atoms with Gasteiger partial charge in [-0.2, -0.15) is 0 Å². The molecule has 0 spiro atoms. The molecule has 0 saturated heterocycles. The molecular weight excluding hydrogens is 284 g/mol. The predicted molar refractivity (Wildman–Crippen MR) is 81.4 cm³/mol. The van der Waals surface area contributed by atoms with E-state index in [-0.39, 0.29) is 12.5 Å². The smallest absolute Gasteiger partial charge is 0.261 e. The maximum Gasteiger partial charge on any atom is 0.261 e. The van der Waals surface area contributed by atoms with Crippen LogP contribution in [0.2, 0.25) is 0 Å². The van der Waals surface area contributed by atoms with E-state index in [4.69, 9.17) is 10.6 Å². The van der Waals surface area contributed by atoms with Crippen molar-refractivity contribution in [3.63, 3.8) is 0 Å². The van der Waals surface area contributed by atoms with Gasteiger partial charge in [-0.3, -0.25) is 9.59 Å². The number of nitrogens with one attached hydrogen (secondary N) is 1. The molecule has 0 fully saturated rings. The number of amides is 2. The highest BCUT2D eigenvalue weighted by molar-refractivity contribution is 6.07. The maximum atomic E-state index is 12.3.